The first kappa shape index (κ1) is 24.1. The van der Waals surface area contributed by atoms with Crippen molar-refractivity contribution in [1.82, 2.24) is 25.0 Å². The molecule has 10 nitrogen and oxygen atoms in total. The van der Waals surface area contributed by atoms with Crippen LogP contribution in [0.5, 0.6) is 17.2 Å². The molecule has 0 unspecified atom stereocenters. The lowest BCUT2D eigenvalue weighted by atomic mass is 9.96. The van der Waals surface area contributed by atoms with Crippen LogP contribution in [0.2, 0.25) is 0 Å². The van der Waals surface area contributed by atoms with Crippen molar-refractivity contribution in [2.24, 2.45) is 7.05 Å². The molecule has 10 heteroatoms. The first-order valence-electron chi connectivity index (χ1n) is 11.4. The molecule has 0 bridgehead atoms. The third-order valence-electron chi connectivity index (χ3n) is 5.84. The van der Waals surface area contributed by atoms with E-state index in [-0.39, 0.29) is 17.2 Å². The van der Waals surface area contributed by atoms with Crippen LogP contribution in [0.3, 0.4) is 0 Å². The van der Waals surface area contributed by atoms with Crippen molar-refractivity contribution in [2.75, 3.05) is 14.2 Å². The molecule has 1 aromatic carbocycles. The molecule has 0 fully saturated rings. The van der Waals surface area contributed by atoms with E-state index in [0.29, 0.717) is 47.1 Å². The van der Waals surface area contributed by atoms with Gasteiger partial charge in [0.25, 0.3) is 11.4 Å². The fourth-order valence-corrected chi connectivity index (χ4v) is 4.15. The van der Waals surface area contributed by atoms with Crippen molar-refractivity contribution in [3.63, 3.8) is 0 Å². The molecule has 0 spiro atoms. The average Bonchev–Trinajstić information content (AvgIpc) is 3.42. The Morgan fingerprint density at radius 2 is 1.83 bits per heavy atom. The van der Waals surface area contributed by atoms with Gasteiger partial charge in [-0.25, -0.2) is 0 Å². The third kappa shape index (κ3) is 4.64. The van der Waals surface area contributed by atoms with Crippen molar-refractivity contribution in [1.29, 1.82) is 0 Å². The molecular formula is C25H29N5O5. The summed E-state index contributed by atoms with van der Waals surface area (Å²) in [6.07, 6.45) is 2.61. The second kappa shape index (κ2) is 10.0. The maximum Gasteiger partial charge on any atom is 0.264 e. The summed E-state index contributed by atoms with van der Waals surface area (Å²) in [4.78, 5) is 16.0. The predicted octanol–water partition coefficient (Wildman–Crippen LogP) is 3.79. The molecule has 0 amide bonds. The molecule has 0 aliphatic carbocycles. The highest BCUT2D eigenvalue weighted by Crippen LogP contribution is 2.46. The Morgan fingerprint density at radius 1 is 1.11 bits per heavy atom. The van der Waals surface area contributed by atoms with Crippen LogP contribution in [-0.2, 0) is 19.9 Å². The summed E-state index contributed by atoms with van der Waals surface area (Å²) >= 11 is 0. The molecule has 0 aliphatic rings. The number of hydrogen-bond donors (Lipinski definition) is 2. The van der Waals surface area contributed by atoms with Crippen LogP contribution in [0, 0.1) is 6.92 Å². The molecule has 0 atom stereocenters. The number of H-pyrrole nitrogens is 1. The SMILES string of the molecule is CCCCc1[nH]c(=O)c(-c2nnc(Cc3cc(C)nn3C)o2)c(O)c1-c1c(OC)cccc1OC. The summed E-state index contributed by atoms with van der Waals surface area (Å²) in [6, 6.07) is 7.25. The maximum atomic E-state index is 13.1. The summed E-state index contributed by atoms with van der Waals surface area (Å²) in [5, 5.41) is 23.9. The second-order valence-electron chi connectivity index (χ2n) is 8.25. The zero-order valence-electron chi connectivity index (χ0n) is 20.5. The molecule has 3 heterocycles. The summed E-state index contributed by atoms with van der Waals surface area (Å²) in [5.41, 5.74) is 2.64. The number of nitrogens with one attached hydrogen (secondary N) is 1. The van der Waals surface area contributed by atoms with Crippen LogP contribution >= 0.6 is 0 Å². The van der Waals surface area contributed by atoms with Gasteiger partial charge in [0.05, 0.1) is 37.5 Å². The van der Waals surface area contributed by atoms with Crippen LogP contribution in [0.25, 0.3) is 22.6 Å². The molecular weight excluding hydrogens is 450 g/mol. The monoisotopic (exact) mass is 479 g/mol. The Balaban J connectivity index is 1.87. The number of pyridine rings is 1. The second-order valence-corrected chi connectivity index (χ2v) is 8.25. The molecule has 0 radical (unpaired) electrons. The van der Waals surface area contributed by atoms with Crippen molar-refractivity contribution >= 4 is 0 Å². The molecule has 184 valence electrons. The van der Waals surface area contributed by atoms with Gasteiger partial charge in [0.1, 0.15) is 22.8 Å². The first-order chi connectivity index (χ1) is 16.9. The largest absolute Gasteiger partial charge is 0.506 e. The smallest absolute Gasteiger partial charge is 0.264 e. The minimum Gasteiger partial charge on any atom is -0.506 e. The summed E-state index contributed by atoms with van der Waals surface area (Å²) in [7, 11) is 4.91. The van der Waals surface area contributed by atoms with E-state index >= 15 is 0 Å². The van der Waals surface area contributed by atoms with E-state index in [1.807, 2.05) is 20.0 Å². The number of ether oxygens (including phenoxy) is 2. The Morgan fingerprint density at radius 3 is 2.43 bits per heavy atom. The molecule has 3 aromatic heterocycles. The zero-order valence-corrected chi connectivity index (χ0v) is 20.5. The van der Waals surface area contributed by atoms with Gasteiger partial charge in [0, 0.05) is 18.4 Å². The van der Waals surface area contributed by atoms with Gasteiger partial charge in [-0.1, -0.05) is 19.4 Å². The van der Waals surface area contributed by atoms with Gasteiger partial charge < -0.3 is 24.0 Å². The van der Waals surface area contributed by atoms with Gasteiger partial charge in [-0.05, 0) is 38.0 Å². The van der Waals surface area contributed by atoms with Crippen molar-refractivity contribution in [3.05, 3.63) is 57.6 Å². The van der Waals surface area contributed by atoms with Crippen molar-refractivity contribution in [2.45, 2.75) is 39.5 Å². The van der Waals surface area contributed by atoms with Crippen LogP contribution in [0.1, 0.15) is 42.7 Å². The fraction of sp³-hybridized carbons (Fsp3) is 0.360. The van der Waals surface area contributed by atoms with E-state index in [1.54, 1.807) is 22.9 Å². The van der Waals surface area contributed by atoms with Gasteiger partial charge in [0.2, 0.25) is 5.89 Å². The number of methoxy groups -OCH3 is 2. The Labute approximate surface area is 202 Å². The van der Waals surface area contributed by atoms with E-state index in [1.165, 1.54) is 14.2 Å². The molecule has 4 rings (SSSR count). The Bertz CT molecular complexity index is 1380. The fourth-order valence-electron chi connectivity index (χ4n) is 4.15. The highest BCUT2D eigenvalue weighted by atomic mass is 16.5. The third-order valence-corrected chi connectivity index (χ3v) is 5.84. The average molecular weight is 480 g/mol. The standard InChI is InChI=1S/C25H29N5O5/c1-6-7-9-16-20(21-17(33-4)10-8-11-18(21)34-5)23(31)22(24(32)26-16)25-28-27-19(35-25)13-15-12-14(2)29-30(15)3/h8,10-12H,6-7,9,13H2,1-5H3,(H2,26,31,32). The van der Waals surface area contributed by atoms with Gasteiger partial charge in [-0.3, -0.25) is 9.48 Å². The number of unbranched alkanes of at least 4 members (excludes halogenated alkanes) is 1. The number of hydrogen-bond acceptors (Lipinski definition) is 8. The minimum absolute atomic E-state index is 0.0743. The van der Waals surface area contributed by atoms with Crippen LogP contribution in [-0.4, -0.2) is 44.3 Å². The molecule has 35 heavy (non-hydrogen) atoms. The molecule has 0 saturated carbocycles. The number of aromatic amines is 1. The van der Waals surface area contributed by atoms with E-state index in [2.05, 4.69) is 27.2 Å². The summed E-state index contributed by atoms with van der Waals surface area (Å²) in [6.45, 7) is 3.95. The number of aromatic nitrogens is 5. The van der Waals surface area contributed by atoms with E-state index in [9.17, 15) is 9.90 Å². The normalized spacial score (nSPS) is 11.1. The quantitative estimate of drug-likeness (QED) is 0.371. The van der Waals surface area contributed by atoms with E-state index in [4.69, 9.17) is 13.9 Å². The number of aryl methyl sites for hydroxylation is 3. The Kier molecular flexibility index (Phi) is 6.90. The van der Waals surface area contributed by atoms with Crippen molar-refractivity contribution in [3.8, 4) is 39.8 Å². The molecule has 4 aromatic rings. The number of nitrogens with zero attached hydrogens (tertiary/aromatic N) is 4. The van der Waals surface area contributed by atoms with E-state index in [0.717, 1.165) is 24.2 Å². The predicted molar refractivity (Wildman–Crippen MR) is 130 cm³/mol. The van der Waals surface area contributed by atoms with Gasteiger partial charge >= 0.3 is 0 Å². The first-order valence-corrected chi connectivity index (χ1v) is 11.4. The van der Waals surface area contributed by atoms with Crippen LogP contribution < -0.4 is 15.0 Å². The van der Waals surface area contributed by atoms with Gasteiger partial charge in [-0.15, -0.1) is 10.2 Å². The number of benzene rings is 1. The lowest BCUT2D eigenvalue weighted by Gasteiger charge is -2.18. The van der Waals surface area contributed by atoms with Crippen LogP contribution in [0.15, 0.2) is 33.5 Å². The molecule has 0 saturated heterocycles. The lowest BCUT2D eigenvalue weighted by Crippen LogP contribution is -2.14. The highest BCUT2D eigenvalue weighted by molar-refractivity contribution is 5.86. The van der Waals surface area contributed by atoms with Crippen molar-refractivity contribution < 1.29 is 19.0 Å². The zero-order chi connectivity index (χ0) is 25.1. The van der Waals surface area contributed by atoms with Gasteiger partial charge in [-0.2, -0.15) is 5.10 Å². The molecule has 0 aliphatic heterocycles. The lowest BCUT2D eigenvalue weighted by molar-refractivity contribution is 0.396. The van der Waals surface area contributed by atoms with Gasteiger partial charge in [0.15, 0.2) is 0 Å². The van der Waals surface area contributed by atoms with Crippen LogP contribution in [0.4, 0.5) is 0 Å². The molecule has 2 N–H and O–H groups in total. The number of aromatic hydroxyl groups is 1. The highest BCUT2D eigenvalue weighted by Gasteiger charge is 2.27. The summed E-state index contributed by atoms with van der Waals surface area (Å²) < 4.78 is 18.7. The Hall–Kier alpha value is -4.08. The van der Waals surface area contributed by atoms with E-state index < -0.39 is 5.56 Å². The maximum absolute atomic E-state index is 13.1. The summed E-state index contributed by atoms with van der Waals surface area (Å²) in [5.74, 6) is 0.943. The minimum atomic E-state index is -0.516. The topological polar surface area (TPSA) is 128 Å². The number of rotatable bonds is 9.